The van der Waals surface area contributed by atoms with Crippen LogP contribution in [-0.2, 0) is 0 Å². The van der Waals surface area contributed by atoms with E-state index in [4.69, 9.17) is 0 Å². The molecule has 0 saturated heterocycles. The van der Waals surface area contributed by atoms with Crippen molar-refractivity contribution in [2.24, 2.45) is 0 Å². The van der Waals surface area contributed by atoms with Crippen LogP contribution in [0, 0.1) is 11.3 Å². The molecule has 0 amide bonds. The van der Waals surface area contributed by atoms with Gasteiger partial charge in [-0.3, -0.25) is 5.10 Å². The van der Waals surface area contributed by atoms with Gasteiger partial charge in [-0.15, -0.1) is 0 Å². The van der Waals surface area contributed by atoms with Crippen LogP contribution in [0.2, 0.25) is 0 Å². The summed E-state index contributed by atoms with van der Waals surface area (Å²) in [6.07, 6.45) is 5.54. The Kier molecular flexibility index (Phi) is 3.46. The number of nitriles is 1. The third-order valence-corrected chi connectivity index (χ3v) is 4.23. The van der Waals surface area contributed by atoms with Crippen LogP contribution in [0.3, 0.4) is 0 Å². The molecule has 0 aromatic carbocycles. The van der Waals surface area contributed by atoms with Gasteiger partial charge in [0.25, 0.3) is 0 Å². The van der Waals surface area contributed by atoms with Gasteiger partial charge in [0, 0.05) is 5.25 Å². The van der Waals surface area contributed by atoms with Crippen molar-refractivity contribution < 1.29 is 0 Å². The van der Waals surface area contributed by atoms with Gasteiger partial charge >= 0.3 is 0 Å². The predicted octanol–water partition coefficient (Wildman–Crippen LogP) is 1.32. The van der Waals surface area contributed by atoms with E-state index in [1.807, 2.05) is 7.05 Å². The van der Waals surface area contributed by atoms with Crippen LogP contribution in [0.4, 0.5) is 0 Å². The minimum atomic E-state index is -0.351. The first kappa shape index (κ1) is 11.4. The third kappa shape index (κ3) is 2.36. The van der Waals surface area contributed by atoms with E-state index in [1.54, 1.807) is 11.8 Å². The molecule has 1 aliphatic rings. The predicted molar refractivity (Wildman–Crippen MR) is 61.9 cm³/mol. The molecular formula is C10H15N5S. The average Bonchev–Trinajstić information content (AvgIpc) is 2.82. The van der Waals surface area contributed by atoms with Crippen molar-refractivity contribution in [1.82, 2.24) is 20.5 Å². The van der Waals surface area contributed by atoms with Crippen molar-refractivity contribution in [3.8, 4) is 6.07 Å². The summed E-state index contributed by atoms with van der Waals surface area (Å²) in [5.41, 5.74) is -0.351. The quantitative estimate of drug-likeness (QED) is 0.829. The fourth-order valence-corrected chi connectivity index (χ4v) is 3.30. The molecule has 2 atom stereocenters. The van der Waals surface area contributed by atoms with Crippen LogP contribution in [-0.4, -0.2) is 33.0 Å². The molecule has 1 aliphatic carbocycles. The number of rotatable bonds is 3. The highest BCUT2D eigenvalue weighted by Gasteiger charge is 2.35. The SMILES string of the molecule is CNC1(C#N)CCCC(Sc2ncn[nH]2)C1. The van der Waals surface area contributed by atoms with Crippen LogP contribution < -0.4 is 5.32 Å². The Hall–Kier alpha value is -1.06. The van der Waals surface area contributed by atoms with E-state index in [0.29, 0.717) is 5.25 Å². The second kappa shape index (κ2) is 4.85. The summed E-state index contributed by atoms with van der Waals surface area (Å²) in [4.78, 5) is 4.10. The highest BCUT2D eigenvalue weighted by Crippen LogP contribution is 2.36. The number of hydrogen-bond donors (Lipinski definition) is 2. The van der Waals surface area contributed by atoms with Crippen molar-refractivity contribution >= 4 is 11.8 Å². The summed E-state index contributed by atoms with van der Waals surface area (Å²) in [5, 5.41) is 20.3. The number of aromatic nitrogens is 3. The molecule has 1 heterocycles. The minimum Gasteiger partial charge on any atom is -0.302 e. The average molecular weight is 237 g/mol. The molecule has 6 heteroatoms. The fourth-order valence-electron chi connectivity index (χ4n) is 2.12. The second-order valence-corrected chi connectivity index (χ2v) is 5.36. The minimum absolute atomic E-state index is 0.351. The van der Waals surface area contributed by atoms with Gasteiger partial charge in [-0.1, -0.05) is 11.8 Å². The molecule has 1 saturated carbocycles. The first-order valence-corrected chi connectivity index (χ1v) is 6.28. The Labute approximate surface area is 99.0 Å². The first-order chi connectivity index (χ1) is 7.78. The molecule has 0 spiro atoms. The highest BCUT2D eigenvalue weighted by molar-refractivity contribution is 7.99. The van der Waals surface area contributed by atoms with E-state index in [0.717, 1.165) is 30.8 Å². The summed E-state index contributed by atoms with van der Waals surface area (Å²) in [6, 6.07) is 2.41. The summed E-state index contributed by atoms with van der Waals surface area (Å²) in [6.45, 7) is 0. The van der Waals surface area contributed by atoms with Crippen LogP contribution in [0.15, 0.2) is 11.5 Å². The maximum atomic E-state index is 9.23. The zero-order chi connectivity index (χ0) is 11.4. The highest BCUT2D eigenvalue weighted by atomic mass is 32.2. The number of aromatic amines is 1. The zero-order valence-electron chi connectivity index (χ0n) is 9.23. The Morgan fingerprint density at radius 2 is 2.62 bits per heavy atom. The Morgan fingerprint density at radius 3 is 3.25 bits per heavy atom. The van der Waals surface area contributed by atoms with Gasteiger partial charge in [0.2, 0.25) is 0 Å². The van der Waals surface area contributed by atoms with Gasteiger partial charge in [-0.25, -0.2) is 4.98 Å². The molecule has 1 aromatic heterocycles. The Morgan fingerprint density at radius 1 is 1.75 bits per heavy atom. The van der Waals surface area contributed by atoms with E-state index in [9.17, 15) is 5.26 Å². The van der Waals surface area contributed by atoms with Gasteiger partial charge in [-0.2, -0.15) is 10.4 Å². The van der Waals surface area contributed by atoms with E-state index >= 15 is 0 Å². The number of hydrogen-bond acceptors (Lipinski definition) is 5. The van der Waals surface area contributed by atoms with Gasteiger partial charge < -0.3 is 5.32 Å². The molecule has 16 heavy (non-hydrogen) atoms. The second-order valence-electron chi connectivity index (χ2n) is 4.07. The fraction of sp³-hybridized carbons (Fsp3) is 0.700. The van der Waals surface area contributed by atoms with Crippen LogP contribution in [0.1, 0.15) is 25.7 Å². The van der Waals surface area contributed by atoms with Crippen molar-refractivity contribution in [2.45, 2.75) is 41.6 Å². The summed E-state index contributed by atoms with van der Waals surface area (Å²) in [7, 11) is 1.87. The number of nitrogens with zero attached hydrogens (tertiary/aromatic N) is 3. The van der Waals surface area contributed by atoms with Crippen molar-refractivity contribution in [3.05, 3.63) is 6.33 Å². The number of nitrogens with one attached hydrogen (secondary N) is 2. The molecule has 86 valence electrons. The molecule has 1 fully saturated rings. The van der Waals surface area contributed by atoms with E-state index in [1.165, 1.54) is 6.33 Å². The van der Waals surface area contributed by atoms with E-state index in [2.05, 4.69) is 26.6 Å². The van der Waals surface area contributed by atoms with Gasteiger partial charge in [0.05, 0.1) is 6.07 Å². The Balaban J connectivity index is 2.00. The summed E-state index contributed by atoms with van der Waals surface area (Å²) < 4.78 is 0. The van der Waals surface area contributed by atoms with Gasteiger partial charge in [-0.05, 0) is 32.7 Å². The number of thioether (sulfide) groups is 1. The lowest BCUT2D eigenvalue weighted by molar-refractivity contribution is 0.323. The maximum Gasteiger partial charge on any atom is 0.183 e. The molecular weight excluding hydrogens is 222 g/mol. The lowest BCUT2D eigenvalue weighted by Gasteiger charge is -2.34. The lowest BCUT2D eigenvalue weighted by Crippen LogP contribution is -2.46. The zero-order valence-corrected chi connectivity index (χ0v) is 10.0. The van der Waals surface area contributed by atoms with E-state index in [-0.39, 0.29) is 5.54 Å². The van der Waals surface area contributed by atoms with Crippen LogP contribution >= 0.6 is 11.8 Å². The lowest BCUT2D eigenvalue weighted by atomic mass is 9.83. The van der Waals surface area contributed by atoms with Crippen LogP contribution in [0.5, 0.6) is 0 Å². The molecule has 5 nitrogen and oxygen atoms in total. The number of H-pyrrole nitrogens is 1. The maximum absolute atomic E-state index is 9.23. The molecule has 2 unspecified atom stereocenters. The van der Waals surface area contributed by atoms with Gasteiger partial charge in [0.15, 0.2) is 5.16 Å². The normalized spacial score (nSPS) is 29.9. The molecule has 2 rings (SSSR count). The molecule has 2 N–H and O–H groups in total. The van der Waals surface area contributed by atoms with Crippen molar-refractivity contribution in [3.63, 3.8) is 0 Å². The standard InChI is InChI=1S/C10H15N5S/c1-12-10(6-11)4-2-3-8(5-10)16-9-13-7-14-15-9/h7-8,12H,2-5H2,1H3,(H,13,14,15). The molecule has 0 bridgehead atoms. The molecule has 1 aromatic rings. The largest absolute Gasteiger partial charge is 0.302 e. The Bertz CT molecular complexity index is 371. The molecule has 0 radical (unpaired) electrons. The molecule has 0 aliphatic heterocycles. The van der Waals surface area contributed by atoms with Crippen molar-refractivity contribution in [2.75, 3.05) is 7.05 Å². The summed E-state index contributed by atoms with van der Waals surface area (Å²) in [5.74, 6) is 0. The first-order valence-electron chi connectivity index (χ1n) is 5.40. The van der Waals surface area contributed by atoms with Gasteiger partial charge in [0.1, 0.15) is 11.9 Å². The monoisotopic (exact) mass is 237 g/mol. The van der Waals surface area contributed by atoms with Crippen LogP contribution in [0.25, 0.3) is 0 Å². The topological polar surface area (TPSA) is 77.4 Å². The van der Waals surface area contributed by atoms with E-state index < -0.39 is 0 Å². The third-order valence-electron chi connectivity index (χ3n) is 3.07. The smallest absolute Gasteiger partial charge is 0.183 e. The van der Waals surface area contributed by atoms with Crippen molar-refractivity contribution in [1.29, 1.82) is 5.26 Å². The summed E-state index contributed by atoms with van der Waals surface area (Å²) >= 11 is 1.68.